The number of benzene rings is 1. The fourth-order valence-corrected chi connectivity index (χ4v) is 3.10. The van der Waals surface area contributed by atoms with Gasteiger partial charge < -0.3 is 5.11 Å². The summed E-state index contributed by atoms with van der Waals surface area (Å²) in [6.45, 7) is 0.595. The highest BCUT2D eigenvalue weighted by Gasteiger charge is 2.32. The maximum atomic E-state index is 13.9. The minimum absolute atomic E-state index is 0.0403. The number of hydrogen-bond donors (Lipinski definition) is 1. The molecule has 1 aromatic carbocycles. The highest BCUT2D eigenvalue weighted by molar-refractivity contribution is 9.10. The molecule has 0 radical (unpaired) electrons. The van der Waals surface area contributed by atoms with Gasteiger partial charge in [-0.15, -0.1) is 0 Å². The van der Waals surface area contributed by atoms with Gasteiger partial charge in [0, 0.05) is 18.7 Å². The summed E-state index contributed by atoms with van der Waals surface area (Å²) in [7, 11) is 1.77. The number of aliphatic hydroxyl groups is 1. The van der Waals surface area contributed by atoms with Crippen molar-refractivity contribution in [1.82, 2.24) is 4.90 Å². The first-order valence-corrected chi connectivity index (χ1v) is 7.24. The van der Waals surface area contributed by atoms with Crippen molar-refractivity contribution in [3.63, 3.8) is 0 Å². The van der Waals surface area contributed by atoms with Crippen LogP contribution in [0.4, 0.5) is 8.78 Å². The Labute approximate surface area is 120 Å². The minimum atomic E-state index is -0.701. The van der Waals surface area contributed by atoms with Crippen molar-refractivity contribution >= 4 is 15.9 Å². The van der Waals surface area contributed by atoms with Gasteiger partial charge in [-0.1, -0.05) is 12.8 Å². The molecule has 0 unspecified atom stereocenters. The van der Waals surface area contributed by atoms with Gasteiger partial charge in [-0.3, -0.25) is 4.90 Å². The molecule has 1 fully saturated rings. The standard InChI is InChI=1S/C14H18BrF2NO/c1-18(9-14(19)6-2-3-7-14)8-10-12(16)5-4-11(15)13(10)17/h4-5,19H,2-3,6-9H2,1H3. The Morgan fingerprint density at radius 3 is 2.58 bits per heavy atom. The zero-order chi connectivity index (χ0) is 14.0. The lowest BCUT2D eigenvalue weighted by atomic mass is 10.0. The third-order valence-corrected chi connectivity index (χ3v) is 4.28. The van der Waals surface area contributed by atoms with E-state index in [1.165, 1.54) is 12.1 Å². The third kappa shape index (κ3) is 3.52. The van der Waals surface area contributed by atoms with Gasteiger partial charge >= 0.3 is 0 Å². The van der Waals surface area contributed by atoms with Gasteiger partial charge in [0.05, 0.1) is 10.1 Å². The van der Waals surface area contributed by atoms with Crippen LogP contribution >= 0.6 is 15.9 Å². The molecule has 5 heteroatoms. The second kappa shape index (κ2) is 5.85. The van der Waals surface area contributed by atoms with E-state index in [1.807, 2.05) is 0 Å². The van der Waals surface area contributed by atoms with Crippen LogP contribution in [0.5, 0.6) is 0 Å². The SMILES string of the molecule is CN(Cc1c(F)ccc(Br)c1F)CC1(O)CCCC1. The van der Waals surface area contributed by atoms with E-state index in [0.717, 1.165) is 25.7 Å². The van der Waals surface area contributed by atoms with Gasteiger partial charge in [0.1, 0.15) is 11.6 Å². The molecule has 0 aliphatic heterocycles. The topological polar surface area (TPSA) is 23.5 Å². The molecule has 1 saturated carbocycles. The molecule has 2 nitrogen and oxygen atoms in total. The van der Waals surface area contributed by atoms with Crippen LogP contribution in [0, 0.1) is 11.6 Å². The number of rotatable bonds is 4. The van der Waals surface area contributed by atoms with Crippen molar-refractivity contribution in [2.45, 2.75) is 37.8 Å². The van der Waals surface area contributed by atoms with Gasteiger partial charge in [-0.05, 0) is 48.0 Å². The number of nitrogens with zero attached hydrogens (tertiary/aromatic N) is 1. The van der Waals surface area contributed by atoms with Crippen molar-refractivity contribution in [1.29, 1.82) is 0 Å². The molecule has 0 amide bonds. The fraction of sp³-hybridized carbons (Fsp3) is 0.571. The van der Waals surface area contributed by atoms with Crippen molar-refractivity contribution in [3.8, 4) is 0 Å². The second-order valence-corrected chi connectivity index (χ2v) is 6.28. The molecule has 0 aromatic heterocycles. The van der Waals surface area contributed by atoms with Crippen molar-refractivity contribution in [2.24, 2.45) is 0 Å². The Bertz CT molecular complexity index is 461. The predicted molar refractivity (Wildman–Crippen MR) is 73.8 cm³/mol. The third-order valence-electron chi connectivity index (χ3n) is 3.67. The summed E-state index contributed by atoms with van der Waals surface area (Å²) in [5, 5.41) is 10.3. The Morgan fingerprint density at radius 2 is 1.95 bits per heavy atom. The van der Waals surface area contributed by atoms with Crippen molar-refractivity contribution in [2.75, 3.05) is 13.6 Å². The molecule has 19 heavy (non-hydrogen) atoms. The van der Waals surface area contributed by atoms with Gasteiger partial charge in [0.15, 0.2) is 0 Å². The first-order valence-electron chi connectivity index (χ1n) is 6.45. The summed E-state index contributed by atoms with van der Waals surface area (Å²) in [4.78, 5) is 1.78. The molecular weight excluding hydrogens is 316 g/mol. The van der Waals surface area contributed by atoms with Crippen molar-refractivity contribution < 1.29 is 13.9 Å². The molecule has 2 rings (SSSR count). The highest BCUT2D eigenvalue weighted by Crippen LogP contribution is 2.30. The van der Waals surface area contributed by atoms with E-state index in [9.17, 15) is 13.9 Å². The molecule has 1 aromatic rings. The molecule has 1 N–H and O–H groups in total. The Hall–Kier alpha value is -0.520. The average Bonchev–Trinajstić information content (AvgIpc) is 2.76. The predicted octanol–water partition coefficient (Wildman–Crippen LogP) is 3.46. The second-order valence-electron chi connectivity index (χ2n) is 5.43. The van der Waals surface area contributed by atoms with E-state index in [0.29, 0.717) is 6.54 Å². The lowest BCUT2D eigenvalue weighted by Gasteiger charge is -2.28. The fourth-order valence-electron chi connectivity index (χ4n) is 2.73. The summed E-state index contributed by atoms with van der Waals surface area (Å²) in [6, 6.07) is 2.61. The van der Waals surface area contributed by atoms with E-state index in [-0.39, 0.29) is 16.6 Å². The molecule has 1 aliphatic carbocycles. The van der Waals surface area contributed by atoms with Gasteiger partial charge in [-0.2, -0.15) is 0 Å². The summed E-state index contributed by atoms with van der Waals surface area (Å²) >= 11 is 3.06. The molecule has 0 atom stereocenters. The van der Waals surface area contributed by atoms with Crippen LogP contribution < -0.4 is 0 Å². The van der Waals surface area contributed by atoms with E-state index >= 15 is 0 Å². The quantitative estimate of drug-likeness (QED) is 0.853. The van der Waals surface area contributed by atoms with Gasteiger partial charge in [0.2, 0.25) is 0 Å². The molecule has 0 heterocycles. The van der Waals surface area contributed by atoms with Crippen LogP contribution in [0.3, 0.4) is 0 Å². The number of halogens is 3. The van der Waals surface area contributed by atoms with Crippen LogP contribution in [-0.4, -0.2) is 29.2 Å². The van der Waals surface area contributed by atoms with Crippen LogP contribution in [0.1, 0.15) is 31.2 Å². The average molecular weight is 334 g/mol. The van der Waals surface area contributed by atoms with E-state index < -0.39 is 17.2 Å². The molecule has 1 aliphatic rings. The van der Waals surface area contributed by atoms with E-state index in [4.69, 9.17) is 0 Å². The smallest absolute Gasteiger partial charge is 0.144 e. The Morgan fingerprint density at radius 1 is 1.32 bits per heavy atom. The van der Waals surface area contributed by atoms with Crippen LogP contribution in [0.2, 0.25) is 0 Å². The van der Waals surface area contributed by atoms with Crippen molar-refractivity contribution in [3.05, 3.63) is 33.8 Å². The summed E-state index contributed by atoms with van der Waals surface area (Å²) in [5.41, 5.74) is -0.660. The molecular formula is C14H18BrF2NO. The number of hydrogen-bond acceptors (Lipinski definition) is 2. The first kappa shape index (κ1) is 14.9. The first-order chi connectivity index (χ1) is 8.91. The Balaban J connectivity index is 2.06. The summed E-state index contributed by atoms with van der Waals surface area (Å²) < 4.78 is 27.8. The van der Waals surface area contributed by atoms with E-state index in [1.54, 1.807) is 11.9 Å². The maximum Gasteiger partial charge on any atom is 0.144 e. The molecule has 0 spiro atoms. The molecule has 0 bridgehead atoms. The van der Waals surface area contributed by atoms with Crippen LogP contribution in [-0.2, 0) is 6.54 Å². The maximum absolute atomic E-state index is 13.9. The van der Waals surface area contributed by atoms with Crippen LogP contribution in [0.15, 0.2) is 16.6 Å². The summed E-state index contributed by atoms with van der Waals surface area (Å²) in [6.07, 6.45) is 3.56. The minimum Gasteiger partial charge on any atom is -0.389 e. The Kier molecular flexibility index (Phi) is 4.58. The molecule has 106 valence electrons. The monoisotopic (exact) mass is 333 g/mol. The van der Waals surface area contributed by atoms with Gasteiger partial charge in [0.25, 0.3) is 0 Å². The van der Waals surface area contributed by atoms with Gasteiger partial charge in [-0.25, -0.2) is 8.78 Å². The normalized spacial score (nSPS) is 18.2. The van der Waals surface area contributed by atoms with Crippen LogP contribution in [0.25, 0.3) is 0 Å². The number of likely N-dealkylation sites (N-methyl/N-ethyl adjacent to an activating group) is 1. The summed E-state index contributed by atoms with van der Waals surface area (Å²) in [5.74, 6) is -1.11. The largest absolute Gasteiger partial charge is 0.389 e. The lowest BCUT2D eigenvalue weighted by Crippen LogP contribution is -2.39. The zero-order valence-electron chi connectivity index (χ0n) is 10.9. The highest BCUT2D eigenvalue weighted by atomic mass is 79.9. The zero-order valence-corrected chi connectivity index (χ0v) is 12.5. The van der Waals surface area contributed by atoms with E-state index in [2.05, 4.69) is 15.9 Å². The lowest BCUT2D eigenvalue weighted by molar-refractivity contribution is 0.0140. The molecule has 0 saturated heterocycles.